The first-order valence-electron chi connectivity index (χ1n) is 6.06. The number of ether oxygens (including phenoxy) is 1. The van der Waals surface area contributed by atoms with Gasteiger partial charge in [-0.2, -0.15) is 0 Å². The van der Waals surface area contributed by atoms with Gasteiger partial charge in [0.05, 0.1) is 7.11 Å². The van der Waals surface area contributed by atoms with Crippen LogP contribution in [0.4, 0.5) is 5.69 Å². The zero-order valence-electron chi connectivity index (χ0n) is 11.0. The lowest BCUT2D eigenvalue weighted by Gasteiger charge is -2.13. The molecule has 0 saturated carbocycles. The van der Waals surface area contributed by atoms with E-state index in [1.807, 2.05) is 0 Å². The number of nitrogens with two attached hydrogens (primary N) is 1. The average Bonchev–Trinajstić information content (AvgIpc) is 2.49. The molecule has 2 aromatic rings. The number of nitrogens with one attached hydrogen (secondary N) is 1. The third kappa shape index (κ3) is 3.50. The average molecular weight is 291 g/mol. The third-order valence-electron chi connectivity index (χ3n) is 2.87. The minimum absolute atomic E-state index is 0.280. The highest BCUT2D eigenvalue weighted by Crippen LogP contribution is 2.18. The number of amides is 1. The molecule has 0 fully saturated rings. The Kier molecular flexibility index (Phi) is 4.61. The molecule has 2 rings (SSSR count). The smallest absolute Gasteiger partial charge is 0.245 e. The number of carbonyl (C=O) groups excluding carboxylic acids is 1. The predicted octanol–water partition coefficient (Wildman–Crippen LogP) is 2.99. The van der Waals surface area contributed by atoms with Crippen molar-refractivity contribution in [1.29, 1.82) is 0 Å². The number of benzene rings is 2. The van der Waals surface area contributed by atoms with E-state index in [9.17, 15) is 4.79 Å². The Bertz CT molecular complexity index is 582. The monoisotopic (exact) mass is 290 g/mol. The van der Waals surface area contributed by atoms with Crippen molar-refractivity contribution in [2.75, 3.05) is 12.4 Å². The molecule has 1 atom stereocenters. The summed E-state index contributed by atoms with van der Waals surface area (Å²) in [4.78, 5) is 12.1. The summed E-state index contributed by atoms with van der Waals surface area (Å²) >= 11 is 5.79. The lowest BCUT2D eigenvalue weighted by molar-refractivity contribution is -0.117. The molecule has 0 aromatic heterocycles. The standard InChI is InChI=1S/C15H15ClN2O2/c1-20-13-8-2-10(3-9-13)14(17)15(19)18-12-6-4-11(16)5-7-12/h2-9,14H,17H2,1H3,(H,18,19). The molecule has 2 aromatic carbocycles. The molecule has 3 N–H and O–H groups in total. The summed E-state index contributed by atoms with van der Waals surface area (Å²) in [7, 11) is 1.59. The van der Waals surface area contributed by atoms with Crippen molar-refractivity contribution >= 4 is 23.2 Å². The Balaban J connectivity index is 2.05. The first-order chi connectivity index (χ1) is 9.60. The summed E-state index contributed by atoms with van der Waals surface area (Å²) in [5.74, 6) is 0.441. The van der Waals surface area contributed by atoms with Crippen LogP contribution in [0.2, 0.25) is 5.02 Å². The molecule has 5 heteroatoms. The van der Waals surface area contributed by atoms with Crippen LogP contribution < -0.4 is 15.8 Å². The van der Waals surface area contributed by atoms with Crippen molar-refractivity contribution in [3.8, 4) is 5.75 Å². The van der Waals surface area contributed by atoms with Gasteiger partial charge in [-0.1, -0.05) is 23.7 Å². The maximum absolute atomic E-state index is 12.1. The molecular weight excluding hydrogens is 276 g/mol. The van der Waals surface area contributed by atoms with Gasteiger partial charge in [0.15, 0.2) is 0 Å². The molecule has 1 unspecified atom stereocenters. The molecule has 0 spiro atoms. The normalized spacial score (nSPS) is 11.8. The van der Waals surface area contributed by atoms with Gasteiger partial charge in [0.1, 0.15) is 11.8 Å². The van der Waals surface area contributed by atoms with Gasteiger partial charge < -0.3 is 15.8 Å². The lowest BCUT2D eigenvalue weighted by Crippen LogP contribution is -2.27. The highest BCUT2D eigenvalue weighted by atomic mass is 35.5. The second-order valence-corrected chi connectivity index (χ2v) is 4.68. The third-order valence-corrected chi connectivity index (χ3v) is 3.12. The Morgan fingerprint density at radius 2 is 1.75 bits per heavy atom. The zero-order valence-corrected chi connectivity index (χ0v) is 11.7. The van der Waals surface area contributed by atoms with E-state index >= 15 is 0 Å². The van der Waals surface area contributed by atoms with E-state index in [1.54, 1.807) is 55.6 Å². The Hall–Kier alpha value is -2.04. The quantitative estimate of drug-likeness (QED) is 0.910. The maximum Gasteiger partial charge on any atom is 0.245 e. The van der Waals surface area contributed by atoms with Crippen molar-refractivity contribution in [3.63, 3.8) is 0 Å². The van der Waals surface area contributed by atoms with Gasteiger partial charge in [0.25, 0.3) is 0 Å². The summed E-state index contributed by atoms with van der Waals surface area (Å²) in [5.41, 5.74) is 7.30. The van der Waals surface area contributed by atoms with Crippen LogP contribution in [-0.2, 0) is 4.79 Å². The molecular formula is C15H15ClN2O2. The van der Waals surface area contributed by atoms with Crippen LogP contribution in [0.25, 0.3) is 0 Å². The van der Waals surface area contributed by atoms with Gasteiger partial charge in [0, 0.05) is 10.7 Å². The molecule has 104 valence electrons. The summed E-state index contributed by atoms with van der Waals surface area (Å²) in [5, 5.41) is 3.36. The van der Waals surface area contributed by atoms with E-state index < -0.39 is 6.04 Å². The van der Waals surface area contributed by atoms with Crippen molar-refractivity contribution in [1.82, 2.24) is 0 Å². The second-order valence-electron chi connectivity index (χ2n) is 4.25. The van der Waals surface area contributed by atoms with E-state index in [4.69, 9.17) is 22.1 Å². The molecule has 0 aliphatic heterocycles. The van der Waals surface area contributed by atoms with E-state index in [-0.39, 0.29) is 5.91 Å². The van der Waals surface area contributed by atoms with E-state index in [0.29, 0.717) is 10.7 Å². The molecule has 0 bridgehead atoms. The fourth-order valence-electron chi connectivity index (χ4n) is 1.72. The minimum Gasteiger partial charge on any atom is -0.497 e. The van der Waals surface area contributed by atoms with Gasteiger partial charge in [0.2, 0.25) is 5.91 Å². The van der Waals surface area contributed by atoms with Crippen molar-refractivity contribution in [2.45, 2.75) is 6.04 Å². The predicted molar refractivity (Wildman–Crippen MR) is 80.0 cm³/mol. The number of hydrogen-bond donors (Lipinski definition) is 2. The van der Waals surface area contributed by atoms with Crippen molar-refractivity contribution in [3.05, 3.63) is 59.1 Å². The first kappa shape index (κ1) is 14.4. The van der Waals surface area contributed by atoms with Gasteiger partial charge >= 0.3 is 0 Å². The number of methoxy groups -OCH3 is 1. The minimum atomic E-state index is -0.739. The molecule has 1 amide bonds. The van der Waals surface area contributed by atoms with Gasteiger partial charge in [-0.15, -0.1) is 0 Å². The van der Waals surface area contributed by atoms with Crippen LogP contribution in [0.5, 0.6) is 5.75 Å². The van der Waals surface area contributed by atoms with Crippen LogP contribution in [0.3, 0.4) is 0 Å². The summed E-state index contributed by atoms with van der Waals surface area (Å²) < 4.78 is 5.06. The maximum atomic E-state index is 12.1. The van der Waals surface area contributed by atoms with Crippen molar-refractivity contribution < 1.29 is 9.53 Å². The van der Waals surface area contributed by atoms with E-state index in [0.717, 1.165) is 11.3 Å². The molecule has 0 aliphatic rings. The number of carbonyl (C=O) groups is 1. The second kappa shape index (κ2) is 6.41. The van der Waals surface area contributed by atoms with E-state index in [2.05, 4.69) is 5.32 Å². The van der Waals surface area contributed by atoms with Crippen LogP contribution >= 0.6 is 11.6 Å². The van der Waals surface area contributed by atoms with Gasteiger partial charge in [-0.25, -0.2) is 0 Å². The fraction of sp³-hybridized carbons (Fsp3) is 0.133. The number of anilines is 1. The Morgan fingerprint density at radius 1 is 1.15 bits per heavy atom. The highest BCUT2D eigenvalue weighted by Gasteiger charge is 2.15. The van der Waals surface area contributed by atoms with Crippen LogP contribution in [0, 0.1) is 0 Å². The molecule has 20 heavy (non-hydrogen) atoms. The number of rotatable bonds is 4. The Morgan fingerprint density at radius 3 is 2.30 bits per heavy atom. The summed E-state index contributed by atoms with van der Waals surface area (Å²) in [6, 6.07) is 13.2. The SMILES string of the molecule is COc1ccc(C(N)C(=O)Nc2ccc(Cl)cc2)cc1. The molecule has 0 heterocycles. The molecule has 0 aliphatic carbocycles. The molecule has 0 radical (unpaired) electrons. The topological polar surface area (TPSA) is 64.3 Å². The van der Waals surface area contributed by atoms with Crippen LogP contribution in [0.1, 0.15) is 11.6 Å². The molecule has 0 saturated heterocycles. The van der Waals surface area contributed by atoms with Crippen molar-refractivity contribution in [2.24, 2.45) is 5.73 Å². The first-order valence-corrected chi connectivity index (χ1v) is 6.44. The zero-order chi connectivity index (χ0) is 14.5. The fourth-order valence-corrected chi connectivity index (χ4v) is 1.84. The number of hydrogen-bond acceptors (Lipinski definition) is 3. The van der Waals surface area contributed by atoms with Gasteiger partial charge in [-0.05, 0) is 42.0 Å². The Labute approximate surface area is 122 Å². The molecule has 4 nitrogen and oxygen atoms in total. The highest BCUT2D eigenvalue weighted by molar-refractivity contribution is 6.30. The van der Waals surface area contributed by atoms with Crippen LogP contribution in [0.15, 0.2) is 48.5 Å². The van der Waals surface area contributed by atoms with E-state index in [1.165, 1.54) is 0 Å². The number of halogens is 1. The van der Waals surface area contributed by atoms with Crippen LogP contribution in [-0.4, -0.2) is 13.0 Å². The lowest BCUT2D eigenvalue weighted by atomic mass is 10.1. The van der Waals surface area contributed by atoms with Gasteiger partial charge in [-0.3, -0.25) is 4.79 Å². The summed E-state index contributed by atoms with van der Waals surface area (Å²) in [6.45, 7) is 0. The summed E-state index contributed by atoms with van der Waals surface area (Å²) in [6.07, 6.45) is 0. The largest absolute Gasteiger partial charge is 0.497 e.